The summed E-state index contributed by atoms with van der Waals surface area (Å²) in [4.78, 5) is 44.6. The molecule has 0 saturated carbocycles. The van der Waals surface area contributed by atoms with Gasteiger partial charge in [0.2, 0.25) is 0 Å². The Labute approximate surface area is 157 Å². The lowest BCUT2D eigenvalue weighted by Crippen LogP contribution is -2.51. The van der Waals surface area contributed by atoms with Gasteiger partial charge < -0.3 is 4.74 Å². The second-order valence-electron chi connectivity index (χ2n) is 5.52. The predicted molar refractivity (Wildman–Crippen MR) is 94.0 cm³/mol. The molecule has 1 fully saturated rings. The van der Waals surface area contributed by atoms with E-state index in [-0.39, 0.29) is 22.6 Å². The summed E-state index contributed by atoms with van der Waals surface area (Å²) in [6.07, 6.45) is 1.30. The Morgan fingerprint density at radius 2 is 1.68 bits per heavy atom. The minimum absolute atomic E-state index is 0.000564. The molecule has 28 heavy (non-hydrogen) atoms. The number of urea groups is 1. The van der Waals surface area contributed by atoms with Crippen LogP contribution < -0.4 is 15.4 Å². The number of carbonyl (C=O) groups is 3. The summed E-state index contributed by atoms with van der Waals surface area (Å²) in [5, 5.41) is 23.9. The third-order valence-electron chi connectivity index (χ3n) is 3.66. The molecule has 3 rings (SSSR count). The molecule has 138 valence electrons. The van der Waals surface area contributed by atoms with Gasteiger partial charge in [0.1, 0.15) is 28.7 Å². The molecule has 1 heterocycles. The number of benzene rings is 2. The Balaban J connectivity index is 1.80. The van der Waals surface area contributed by atoms with Gasteiger partial charge in [-0.2, -0.15) is 5.26 Å². The first-order valence-electron chi connectivity index (χ1n) is 7.72. The van der Waals surface area contributed by atoms with Crippen LogP contribution in [0.5, 0.6) is 11.5 Å². The van der Waals surface area contributed by atoms with Gasteiger partial charge in [-0.15, -0.1) is 0 Å². The zero-order chi connectivity index (χ0) is 20.3. The van der Waals surface area contributed by atoms with Gasteiger partial charge in [0.25, 0.3) is 17.5 Å². The maximum Gasteiger partial charge on any atom is 0.328 e. The van der Waals surface area contributed by atoms with Gasteiger partial charge in [-0.3, -0.25) is 30.3 Å². The van der Waals surface area contributed by atoms with Crippen molar-refractivity contribution in [2.45, 2.75) is 0 Å². The fourth-order valence-corrected chi connectivity index (χ4v) is 2.34. The van der Waals surface area contributed by atoms with E-state index in [0.29, 0.717) is 11.3 Å². The Hall–Kier alpha value is -4.52. The lowest BCUT2D eigenvalue weighted by Gasteiger charge is -2.14. The highest BCUT2D eigenvalue weighted by atomic mass is 16.6. The Bertz CT molecular complexity index is 1060. The van der Waals surface area contributed by atoms with Crippen LogP contribution in [0.1, 0.15) is 11.1 Å². The first-order chi connectivity index (χ1) is 13.4. The van der Waals surface area contributed by atoms with Crippen molar-refractivity contribution < 1.29 is 24.0 Å². The van der Waals surface area contributed by atoms with Gasteiger partial charge in [0.05, 0.1) is 4.92 Å². The minimum atomic E-state index is -0.882. The quantitative estimate of drug-likeness (QED) is 0.357. The third kappa shape index (κ3) is 3.83. The molecule has 1 aliphatic rings. The number of nitro groups is 1. The van der Waals surface area contributed by atoms with Crippen molar-refractivity contribution in [3.63, 3.8) is 0 Å². The van der Waals surface area contributed by atoms with Crippen molar-refractivity contribution in [2.75, 3.05) is 0 Å². The van der Waals surface area contributed by atoms with E-state index in [1.807, 2.05) is 16.7 Å². The van der Waals surface area contributed by atoms with Crippen LogP contribution in [0.25, 0.3) is 6.08 Å². The summed E-state index contributed by atoms with van der Waals surface area (Å²) < 4.78 is 5.57. The zero-order valence-electron chi connectivity index (χ0n) is 14.0. The molecular weight excluding hydrogens is 368 g/mol. The summed E-state index contributed by atoms with van der Waals surface area (Å²) in [7, 11) is 0. The predicted octanol–water partition coefficient (Wildman–Crippen LogP) is 2.01. The molecule has 1 saturated heterocycles. The average molecular weight is 378 g/mol. The molecule has 0 bridgehead atoms. The second-order valence-corrected chi connectivity index (χ2v) is 5.52. The van der Waals surface area contributed by atoms with E-state index < -0.39 is 22.8 Å². The zero-order valence-corrected chi connectivity index (χ0v) is 14.0. The van der Waals surface area contributed by atoms with Crippen molar-refractivity contribution in [1.29, 1.82) is 5.26 Å². The van der Waals surface area contributed by atoms with Crippen LogP contribution in [-0.4, -0.2) is 22.8 Å². The Morgan fingerprint density at radius 1 is 1.04 bits per heavy atom. The monoisotopic (exact) mass is 378 g/mol. The molecule has 0 spiro atoms. The van der Waals surface area contributed by atoms with E-state index in [1.165, 1.54) is 30.3 Å². The van der Waals surface area contributed by atoms with Gasteiger partial charge in [0, 0.05) is 12.1 Å². The molecule has 2 N–H and O–H groups in total. The third-order valence-corrected chi connectivity index (χ3v) is 3.66. The molecule has 2 aromatic carbocycles. The number of nitriles is 1. The Kier molecular flexibility index (Phi) is 4.82. The van der Waals surface area contributed by atoms with Crippen molar-refractivity contribution >= 4 is 29.6 Å². The van der Waals surface area contributed by atoms with Crippen LogP contribution in [0.4, 0.5) is 10.5 Å². The fourth-order valence-electron chi connectivity index (χ4n) is 2.34. The van der Waals surface area contributed by atoms with E-state index >= 15 is 0 Å². The average Bonchev–Trinajstić information content (AvgIpc) is 2.66. The number of imide groups is 2. The van der Waals surface area contributed by atoms with E-state index in [9.17, 15) is 24.5 Å². The molecule has 0 unspecified atom stereocenters. The maximum absolute atomic E-state index is 11.7. The van der Waals surface area contributed by atoms with Crippen LogP contribution in [0, 0.1) is 21.4 Å². The fraction of sp³-hybridized carbons (Fsp3) is 0. The minimum Gasteiger partial charge on any atom is -0.456 e. The van der Waals surface area contributed by atoms with E-state index in [4.69, 9.17) is 10.00 Å². The molecule has 0 atom stereocenters. The first kappa shape index (κ1) is 18.3. The van der Waals surface area contributed by atoms with Gasteiger partial charge in [0.15, 0.2) is 0 Å². The van der Waals surface area contributed by atoms with Crippen molar-refractivity contribution in [3.05, 3.63) is 69.3 Å². The first-order valence-corrected chi connectivity index (χ1v) is 7.72. The number of ether oxygens (including phenoxy) is 1. The number of carbonyl (C=O) groups excluding carboxylic acids is 3. The topological polar surface area (TPSA) is 151 Å². The molecule has 0 radical (unpaired) electrons. The van der Waals surface area contributed by atoms with E-state index in [2.05, 4.69) is 0 Å². The highest BCUT2D eigenvalue weighted by Crippen LogP contribution is 2.28. The summed E-state index contributed by atoms with van der Waals surface area (Å²) in [6, 6.07) is 10.8. The van der Waals surface area contributed by atoms with E-state index in [1.54, 1.807) is 12.1 Å². The number of nitro benzene ring substituents is 1. The number of barbiturate groups is 1. The number of nitrogens with zero attached hydrogens (tertiary/aromatic N) is 2. The normalized spacial score (nSPS) is 13.2. The molecule has 4 amide bonds. The van der Waals surface area contributed by atoms with Crippen LogP contribution >= 0.6 is 0 Å². The molecular formula is C18H10N4O6. The highest BCUT2D eigenvalue weighted by Gasteiger charge is 2.27. The Morgan fingerprint density at radius 3 is 2.25 bits per heavy atom. The molecule has 10 heteroatoms. The molecule has 0 aliphatic carbocycles. The second kappa shape index (κ2) is 7.38. The van der Waals surface area contributed by atoms with Crippen LogP contribution in [-0.2, 0) is 9.59 Å². The smallest absolute Gasteiger partial charge is 0.328 e. The van der Waals surface area contributed by atoms with Gasteiger partial charge in [-0.25, -0.2) is 4.79 Å². The molecule has 1 aliphatic heterocycles. The number of amides is 4. The summed E-state index contributed by atoms with van der Waals surface area (Å²) in [5.41, 5.74) is 0.0376. The van der Waals surface area contributed by atoms with Gasteiger partial charge in [-0.05, 0) is 29.8 Å². The largest absolute Gasteiger partial charge is 0.456 e. The summed E-state index contributed by atoms with van der Waals surface area (Å²) in [5.74, 6) is -1.14. The van der Waals surface area contributed by atoms with Crippen LogP contribution in [0.3, 0.4) is 0 Å². The SMILES string of the molecule is N#Cc1cc([N+](=O)[O-])ccc1Oc1ccc(C=C2C(=O)NC(=O)NC2=O)cc1. The number of hydrogen-bond acceptors (Lipinski definition) is 7. The highest BCUT2D eigenvalue weighted by molar-refractivity contribution is 6.31. The summed E-state index contributed by atoms with van der Waals surface area (Å²) >= 11 is 0. The van der Waals surface area contributed by atoms with Gasteiger partial charge >= 0.3 is 6.03 Å². The lowest BCUT2D eigenvalue weighted by atomic mass is 10.1. The summed E-state index contributed by atoms with van der Waals surface area (Å²) in [6.45, 7) is 0. The number of non-ortho nitro benzene ring substituents is 1. The molecule has 2 aromatic rings. The van der Waals surface area contributed by atoms with Gasteiger partial charge in [-0.1, -0.05) is 12.1 Å². The standard InChI is InChI=1S/C18H10N4O6/c19-9-11-8-12(22(26)27)3-6-15(11)28-13-4-1-10(2-5-13)7-14-16(23)20-18(25)21-17(14)24/h1-8H,(H2,20,21,23,24,25). The van der Waals surface area contributed by atoms with Crippen molar-refractivity contribution in [3.8, 4) is 17.6 Å². The molecule has 10 nitrogen and oxygen atoms in total. The van der Waals surface area contributed by atoms with Crippen molar-refractivity contribution in [1.82, 2.24) is 10.6 Å². The van der Waals surface area contributed by atoms with E-state index in [0.717, 1.165) is 6.07 Å². The van der Waals surface area contributed by atoms with Crippen LogP contribution in [0.15, 0.2) is 48.0 Å². The lowest BCUT2D eigenvalue weighted by molar-refractivity contribution is -0.384. The maximum atomic E-state index is 11.7. The van der Waals surface area contributed by atoms with Crippen molar-refractivity contribution in [2.24, 2.45) is 0 Å². The number of nitrogens with one attached hydrogen (secondary N) is 2. The van der Waals surface area contributed by atoms with Crippen LogP contribution in [0.2, 0.25) is 0 Å². The number of rotatable bonds is 4. The number of hydrogen-bond donors (Lipinski definition) is 2. The molecule has 0 aromatic heterocycles.